The second kappa shape index (κ2) is 6.55. The maximum Gasteiger partial charge on any atom is 0.302 e. The standard InChI is InChI=1S/C17H11Cl2NO4/c1-23-12-5-7-13(8-6-12)24-15-14(19)16(21)20(17(15)22)11-4-2-3-10(18)9-11/h2-9H,1H3. The molecule has 0 atom stereocenters. The summed E-state index contributed by atoms with van der Waals surface area (Å²) >= 11 is 11.9. The highest BCUT2D eigenvalue weighted by Crippen LogP contribution is 2.32. The second-order valence-corrected chi connectivity index (χ2v) is 5.66. The topological polar surface area (TPSA) is 55.8 Å². The maximum atomic E-state index is 12.5. The van der Waals surface area contributed by atoms with Crippen LogP contribution in [0.3, 0.4) is 0 Å². The summed E-state index contributed by atoms with van der Waals surface area (Å²) in [5.41, 5.74) is 0.323. The normalized spacial score (nSPS) is 14.4. The number of methoxy groups -OCH3 is 1. The minimum Gasteiger partial charge on any atom is -0.497 e. The van der Waals surface area contributed by atoms with Crippen molar-refractivity contribution in [1.82, 2.24) is 0 Å². The van der Waals surface area contributed by atoms with Crippen LogP contribution in [-0.2, 0) is 9.59 Å². The van der Waals surface area contributed by atoms with Gasteiger partial charge in [0.1, 0.15) is 11.5 Å². The lowest BCUT2D eigenvalue weighted by Crippen LogP contribution is -2.31. The van der Waals surface area contributed by atoms with Gasteiger partial charge in [-0.3, -0.25) is 9.59 Å². The molecule has 122 valence electrons. The number of hydrogen-bond acceptors (Lipinski definition) is 4. The van der Waals surface area contributed by atoms with Gasteiger partial charge in [0.05, 0.1) is 12.8 Å². The Bertz CT molecular complexity index is 846. The Labute approximate surface area is 148 Å². The Morgan fingerprint density at radius 1 is 0.917 bits per heavy atom. The Hall–Kier alpha value is -2.50. The molecule has 0 aliphatic carbocycles. The van der Waals surface area contributed by atoms with Crippen molar-refractivity contribution in [2.75, 3.05) is 12.0 Å². The minimum atomic E-state index is -0.660. The Kier molecular flexibility index (Phi) is 4.46. The molecule has 1 aliphatic rings. The molecule has 3 rings (SSSR count). The van der Waals surface area contributed by atoms with Crippen LogP contribution in [0.4, 0.5) is 5.69 Å². The predicted molar refractivity (Wildman–Crippen MR) is 90.4 cm³/mol. The molecule has 2 aromatic carbocycles. The number of nitrogens with zero attached hydrogens (tertiary/aromatic N) is 1. The lowest BCUT2D eigenvalue weighted by atomic mass is 10.3. The first-order valence-corrected chi connectivity index (χ1v) is 7.63. The second-order valence-electron chi connectivity index (χ2n) is 4.85. The first-order valence-electron chi connectivity index (χ1n) is 6.87. The fourth-order valence-electron chi connectivity index (χ4n) is 2.18. The molecule has 0 aromatic heterocycles. The summed E-state index contributed by atoms with van der Waals surface area (Å²) in [6, 6.07) is 12.9. The fourth-order valence-corrected chi connectivity index (χ4v) is 2.57. The van der Waals surface area contributed by atoms with Crippen LogP contribution >= 0.6 is 23.2 Å². The van der Waals surface area contributed by atoms with Gasteiger partial charge in [-0.15, -0.1) is 0 Å². The van der Waals surface area contributed by atoms with Gasteiger partial charge < -0.3 is 9.47 Å². The number of amides is 2. The van der Waals surface area contributed by atoms with E-state index >= 15 is 0 Å². The third-order valence-corrected chi connectivity index (χ3v) is 3.90. The molecule has 0 bridgehead atoms. The van der Waals surface area contributed by atoms with E-state index in [4.69, 9.17) is 32.7 Å². The molecule has 5 nitrogen and oxygen atoms in total. The van der Waals surface area contributed by atoms with Gasteiger partial charge in [0.15, 0.2) is 5.03 Å². The van der Waals surface area contributed by atoms with Gasteiger partial charge >= 0.3 is 5.91 Å². The van der Waals surface area contributed by atoms with Gasteiger partial charge in [-0.25, -0.2) is 4.90 Å². The summed E-state index contributed by atoms with van der Waals surface area (Å²) in [6.45, 7) is 0. The van der Waals surface area contributed by atoms with Gasteiger partial charge in [-0.1, -0.05) is 29.3 Å². The van der Waals surface area contributed by atoms with Crippen LogP contribution in [0.5, 0.6) is 11.5 Å². The van der Waals surface area contributed by atoms with Crippen LogP contribution in [0, 0.1) is 0 Å². The summed E-state index contributed by atoms with van der Waals surface area (Å²) in [4.78, 5) is 25.8. The highest BCUT2D eigenvalue weighted by molar-refractivity contribution is 6.52. The monoisotopic (exact) mass is 363 g/mol. The van der Waals surface area contributed by atoms with Crippen molar-refractivity contribution in [3.05, 3.63) is 64.3 Å². The summed E-state index contributed by atoms with van der Waals surface area (Å²) in [5.74, 6) is -0.544. The molecular weight excluding hydrogens is 353 g/mol. The number of hydrogen-bond donors (Lipinski definition) is 0. The number of benzene rings is 2. The van der Waals surface area contributed by atoms with Crippen molar-refractivity contribution in [3.8, 4) is 11.5 Å². The molecule has 0 radical (unpaired) electrons. The van der Waals surface area contributed by atoms with Gasteiger partial charge in [-0.2, -0.15) is 0 Å². The van der Waals surface area contributed by atoms with Gasteiger partial charge in [0.25, 0.3) is 5.91 Å². The van der Waals surface area contributed by atoms with E-state index < -0.39 is 11.8 Å². The highest BCUT2D eigenvalue weighted by atomic mass is 35.5. The van der Waals surface area contributed by atoms with Gasteiger partial charge in [-0.05, 0) is 42.5 Å². The molecule has 0 unspecified atom stereocenters. The lowest BCUT2D eigenvalue weighted by molar-refractivity contribution is -0.121. The van der Waals surface area contributed by atoms with E-state index in [9.17, 15) is 9.59 Å². The van der Waals surface area contributed by atoms with Crippen LogP contribution < -0.4 is 14.4 Å². The predicted octanol–water partition coefficient (Wildman–Crippen LogP) is 3.75. The average Bonchev–Trinajstić information content (AvgIpc) is 2.79. The number of halogens is 2. The summed E-state index contributed by atoms with van der Waals surface area (Å²) in [6.07, 6.45) is 0. The van der Waals surface area contributed by atoms with Crippen molar-refractivity contribution < 1.29 is 19.1 Å². The van der Waals surface area contributed by atoms with E-state index in [1.807, 2.05) is 0 Å². The molecule has 0 fully saturated rings. The molecule has 1 heterocycles. The molecule has 24 heavy (non-hydrogen) atoms. The fraction of sp³-hybridized carbons (Fsp3) is 0.0588. The number of carbonyl (C=O) groups excluding carboxylic acids is 2. The molecule has 2 aromatic rings. The molecule has 0 saturated carbocycles. The van der Waals surface area contributed by atoms with E-state index in [0.29, 0.717) is 22.2 Å². The first kappa shape index (κ1) is 16.4. The molecule has 0 N–H and O–H groups in total. The van der Waals surface area contributed by atoms with E-state index in [-0.39, 0.29) is 10.8 Å². The van der Waals surface area contributed by atoms with E-state index in [1.165, 1.54) is 13.2 Å². The zero-order chi connectivity index (χ0) is 17.3. The average molecular weight is 364 g/mol. The van der Waals surface area contributed by atoms with E-state index in [0.717, 1.165) is 4.90 Å². The molecule has 1 aliphatic heterocycles. The summed E-state index contributed by atoms with van der Waals surface area (Å²) < 4.78 is 10.5. The molecule has 0 saturated heterocycles. The quantitative estimate of drug-likeness (QED) is 0.776. The Morgan fingerprint density at radius 2 is 1.58 bits per heavy atom. The van der Waals surface area contributed by atoms with Crippen molar-refractivity contribution >= 4 is 40.7 Å². The third-order valence-electron chi connectivity index (χ3n) is 3.33. The van der Waals surface area contributed by atoms with Crippen molar-refractivity contribution in [1.29, 1.82) is 0 Å². The van der Waals surface area contributed by atoms with E-state index in [1.54, 1.807) is 42.5 Å². The number of anilines is 1. The maximum absolute atomic E-state index is 12.5. The Morgan fingerprint density at radius 3 is 2.21 bits per heavy atom. The zero-order valence-electron chi connectivity index (χ0n) is 12.5. The minimum absolute atomic E-state index is 0.230. The largest absolute Gasteiger partial charge is 0.497 e. The van der Waals surface area contributed by atoms with Crippen LogP contribution in [0.2, 0.25) is 5.02 Å². The number of ether oxygens (including phenoxy) is 2. The summed E-state index contributed by atoms with van der Waals surface area (Å²) in [5, 5.41) is 0.115. The van der Waals surface area contributed by atoms with E-state index in [2.05, 4.69) is 0 Å². The van der Waals surface area contributed by atoms with Crippen molar-refractivity contribution in [2.24, 2.45) is 0 Å². The van der Waals surface area contributed by atoms with Crippen molar-refractivity contribution in [2.45, 2.75) is 0 Å². The molecule has 7 heteroatoms. The smallest absolute Gasteiger partial charge is 0.302 e. The van der Waals surface area contributed by atoms with Gasteiger partial charge in [0, 0.05) is 5.02 Å². The lowest BCUT2D eigenvalue weighted by Gasteiger charge is -2.14. The zero-order valence-corrected chi connectivity index (χ0v) is 14.0. The van der Waals surface area contributed by atoms with Crippen LogP contribution in [0.1, 0.15) is 0 Å². The number of rotatable bonds is 4. The highest BCUT2D eigenvalue weighted by Gasteiger charge is 2.40. The van der Waals surface area contributed by atoms with Crippen LogP contribution in [0.25, 0.3) is 0 Å². The number of carbonyl (C=O) groups is 2. The van der Waals surface area contributed by atoms with Crippen LogP contribution in [0.15, 0.2) is 59.3 Å². The third kappa shape index (κ3) is 2.96. The molecular formula is C17H11Cl2NO4. The summed E-state index contributed by atoms with van der Waals surface area (Å²) in [7, 11) is 1.54. The van der Waals surface area contributed by atoms with Crippen molar-refractivity contribution in [3.63, 3.8) is 0 Å². The van der Waals surface area contributed by atoms with Gasteiger partial charge in [0.2, 0.25) is 5.76 Å². The first-order chi connectivity index (χ1) is 11.5. The van der Waals surface area contributed by atoms with Crippen LogP contribution in [-0.4, -0.2) is 18.9 Å². The SMILES string of the molecule is COc1ccc(OC2=C(Cl)C(=O)N(c3cccc(Cl)c3)C2=O)cc1. The molecule has 2 amide bonds. The number of imide groups is 1. The molecule has 0 spiro atoms. The Balaban J connectivity index is 1.88.